The van der Waals surface area contributed by atoms with Gasteiger partial charge in [-0.2, -0.15) is 0 Å². The Hall–Kier alpha value is -2.61. The number of rotatable bonds is 3. The van der Waals surface area contributed by atoms with Crippen LogP contribution in [0.4, 0.5) is 4.79 Å². The number of pyridine rings is 2. The largest absolute Gasteiger partial charge is 0.444 e. The molecule has 2 aromatic heterocycles. The van der Waals surface area contributed by atoms with Gasteiger partial charge in [-0.1, -0.05) is 0 Å². The molecule has 2 aliphatic heterocycles. The molecule has 0 radical (unpaired) electrons. The molecule has 1 N–H and O–H groups in total. The fraction of sp³-hybridized carbons (Fsp3) is 0.591. The molecule has 1 fully saturated rings. The summed E-state index contributed by atoms with van der Waals surface area (Å²) in [7, 11) is 0. The number of ether oxygens (including phenoxy) is 1. The van der Waals surface area contributed by atoms with Crippen molar-refractivity contribution in [3.05, 3.63) is 45.0 Å². The first-order valence-electron chi connectivity index (χ1n) is 10.7. The van der Waals surface area contributed by atoms with Gasteiger partial charge in [-0.25, -0.2) is 4.79 Å². The van der Waals surface area contributed by atoms with Gasteiger partial charge in [-0.05, 0) is 52.2 Å². The van der Waals surface area contributed by atoms with Crippen LogP contribution >= 0.6 is 0 Å². The molecule has 1 amide bonds. The van der Waals surface area contributed by atoms with E-state index in [9.17, 15) is 14.4 Å². The molecule has 30 heavy (non-hydrogen) atoms. The van der Waals surface area contributed by atoms with E-state index >= 15 is 0 Å². The van der Waals surface area contributed by atoms with E-state index in [2.05, 4.69) is 10.2 Å². The van der Waals surface area contributed by atoms with Crippen LogP contribution in [0, 0.1) is 0 Å². The van der Waals surface area contributed by atoms with Gasteiger partial charge < -0.3 is 15.0 Å². The number of hydrogen-bond donors (Lipinski definition) is 1. The summed E-state index contributed by atoms with van der Waals surface area (Å²) >= 11 is 0. The quantitative estimate of drug-likeness (QED) is 0.831. The average Bonchev–Trinajstić information content (AvgIpc) is 2.67. The third-order valence-corrected chi connectivity index (χ3v) is 5.88. The predicted molar refractivity (Wildman–Crippen MR) is 115 cm³/mol. The lowest BCUT2D eigenvalue weighted by Gasteiger charge is -2.37. The van der Waals surface area contributed by atoms with E-state index in [0.29, 0.717) is 6.54 Å². The van der Waals surface area contributed by atoms with Crippen molar-refractivity contribution in [2.24, 2.45) is 0 Å². The molecule has 0 aromatic carbocycles. The highest BCUT2D eigenvalue weighted by molar-refractivity contribution is 5.75. The second-order valence-electron chi connectivity index (χ2n) is 9.31. The molecule has 0 aliphatic carbocycles. The molecule has 8 nitrogen and oxygen atoms in total. The second-order valence-corrected chi connectivity index (χ2v) is 9.31. The zero-order valence-electron chi connectivity index (χ0n) is 17.9. The molecule has 1 unspecified atom stereocenters. The monoisotopic (exact) mass is 414 g/mol. The first kappa shape index (κ1) is 20.7. The van der Waals surface area contributed by atoms with Crippen LogP contribution in [-0.4, -0.2) is 51.4 Å². The van der Waals surface area contributed by atoms with E-state index in [-0.39, 0.29) is 29.3 Å². The van der Waals surface area contributed by atoms with Crippen molar-refractivity contribution in [2.75, 3.05) is 19.6 Å². The van der Waals surface area contributed by atoms with Gasteiger partial charge in [0.1, 0.15) is 11.2 Å². The molecule has 162 valence electrons. The second kappa shape index (κ2) is 7.91. The Kier molecular flexibility index (Phi) is 5.44. The molecule has 4 heterocycles. The summed E-state index contributed by atoms with van der Waals surface area (Å²) in [4.78, 5) is 39.3. The number of nitrogens with zero attached hydrogens (tertiary/aromatic N) is 3. The average molecular weight is 415 g/mol. The minimum absolute atomic E-state index is 0.0402. The molecule has 2 aliphatic rings. The number of aryl methyl sites for hydroxylation is 1. The van der Waals surface area contributed by atoms with E-state index in [1.54, 1.807) is 33.4 Å². The molecule has 1 saturated heterocycles. The Morgan fingerprint density at radius 2 is 1.70 bits per heavy atom. The number of carbonyl (C=O) groups excluding carboxylic acids is 1. The number of aromatic nitrogens is 2. The van der Waals surface area contributed by atoms with Crippen molar-refractivity contribution in [2.45, 2.75) is 64.3 Å². The Morgan fingerprint density at radius 3 is 2.37 bits per heavy atom. The van der Waals surface area contributed by atoms with Gasteiger partial charge in [-0.15, -0.1) is 0 Å². The normalized spacial score (nSPS) is 20.3. The van der Waals surface area contributed by atoms with Gasteiger partial charge in [0.15, 0.2) is 0 Å². The summed E-state index contributed by atoms with van der Waals surface area (Å²) in [6, 6.07) is 6.89. The molecule has 2 aromatic rings. The summed E-state index contributed by atoms with van der Waals surface area (Å²) in [5.41, 5.74) is 0.105. The maximum absolute atomic E-state index is 12.7. The smallest absolute Gasteiger partial charge is 0.407 e. The van der Waals surface area contributed by atoms with Crippen molar-refractivity contribution >= 4 is 17.1 Å². The topological polar surface area (TPSA) is 85.6 Å². The highest BCUT2D eigenvalue weighted by Gasteiger charge is 2.28. The van der Waals surface area contributed by atoms with E-state index in [4.69, 9.17) is 4.74 Å². The Labute approximate surface area is 175 Å². The number of hydrogen-bond acceptors (Lipinski definition) is 5. The van der Waals surface area contributed by atoms with Crippen molar-refractivity contribution in [1.82, 2.24) is 19.4 Å². The van der Waals surface area contributed by atoms with Gasteiger partial charge in [-0.3, -0.25) is 18.7 Å². The van der Waals surface area contributed by atoms with Crippen molar-refractivity contribution < 1.29 is 9.53 Å². The summed E-state index contributed by atoms with van der Waals surface area (Å²) in [5.74, 6) is 0. The van der Waals surface area contributed by atoms with Gasteiger partial charge in [0.05, 0.1) is 6.04 Å². The Bertz CT molecular complexity index is 1050. The highest BCUT2D eigenvalue weighted by Crippen LogP contribution is 2.25. The van der Waals surface area contributed by atoms with Crippen LogP contribution in [0.3, 0.4) is 0 Å². The standard InChI is InChI=1S/C22H30N4O4/c1-22(2,3)30-21(29)23-16-8-11-24(12-9-16)14-17-10-13-25-18(27)6-4-15-5-7-19(28)26(17)20(15)25/h4-7,16-17H,8-14H2,1-3H3,(H,23,29). The zero-order chi connectivity index (χ0) is 21.5. The predicted octanol–water partition coefficient (Wildman–Crippen LogP) is 2.10. The fourth-order valence-corrected chi connectivity index (χ4v) is 4.51. The third kappa shape index (κ3) is 4.28. The number of likely N-dealkylation sites (tertiary alicyclic amines) is 1. The minimum atomic E-state index is -0.502. The summed E-state index contributed by atoms with van der Waals surface area (Å²) in [5, 5.41) is 3.88. The van der Waals surface area contributed by atoms with Crippen LogP contribution in [0.5, 0.6) is 0 Å². The molecule has 0 saturated carbocycles. The van der Waals surface area contributed by atoms with E-state index in [0.717, 1.165) is 49.9 Å². The van der Waals surface area contributed by atoms with Crippen molar-refractivity contribution in [1.29, 1.82) is 0 Å². The van der Waals surface area contributed by atoms with Gasteiger partial charge >= 0.3 is 6.09 Å². The van der Waals surface area contributed by atoms with E-state index in [1.807, 2.05) is 20.8 Å². The number of carbonyl (C=O) groups is 1. The molecule has 4 rings (SSSR count). The first-order valence-corrected chi connectivity index (χ1v) is 10.7. The summed E-state index contributed by atoms with van der Waals surface area (Å²) in [6.45, 7) is 8.66. The van der Waals surface area contributed by atoms with Gasteiger partial charge in [0, 0.05) is 49.7 Å². The van der Waals surface area contributed by atoms with Crippen LogP contribution < -0.4 is 16.4 Å². The number of amides is 1. The van der Waals surface area contributed by atoms with Crippen LogP contribution in [0.15, 0.2) is 33.9 Å². The molecule has 0 spiro atoms. The fourth-order valence-electron chi connectivity index (χ4n) is 4.51. The molecule has 0 bridgehead atoms. The molecule has 8 heteroatoms. The lowest BCUT2D eigenvalue weighted by molar-refractivity contribution is 0.0475. The maximum atomic E-state index is 12.7. The van der Waals surface area contributed by atoms with E-state index < -0.39 is 5.60 Å². The minimum Gasteiger partial charge on any atom is -0.444 e. The molecular weight excluding hydrogens is 384 g/mol. The number of nitrogens with one attached hydrogen (secondary N) is 1. The Balaban J connectivity index is 1.43. The van der Waals surface area contributed by atoms with Crippen molar-refractivity contribution in [3.8, 4) is 0 Å². The van der Waals surface area contributed by atoms with Crippen molar-refractivity contribution in [3.63, 3.8) is 0 Å². The number of piperidine rings is 1. The van der Waals surface area contributed by atoms with Crippen LogP contribution in [0.1, 0.15) is 46.1 Å². The Morgan fingerprint density at radius 1 is 1.03 bits per heavy atom. The molecule has 1 atom stereocenters. The van der Waals surface area contributed by atoms with Gasteiger partial charge in [0.25, 0.3) is 11.1 Å². The van der Waals surface area contributed by atoms with Crippen LogP contribution in [0.25, 0.3) is 11.0 Å². The number of alkyl carbamates (subject to hydrolysis) is 1. The van der Waals surface area contributed by atoms with Gasteiger partial charge in [0.2, 0.25) is 0 Å². The first-order chi connectivity index (χ1) is 14.2. The van der Waals surface area contributed by atoms with Crippen LogP contribution in [0.2, 0.25) is 0 Å². The zero-order valence-corrected chi connectivity index (χ0v) is 17.9. The summed E-state index contributed by atoms with van der Waals surface area (Å²) < 4.78 is 8.86. The SMILES string of the molecule is CC(C)(C)OC(=O)NC1CCN(CC2CCn3c(=O)ccc4ccc(=O)n2c43)CC1. The maximum Gasteiger partial charge on any atom is 0.407 e. The molecular formula is C22H30N4O4. The van der Waals surface area contributed by atoms with Crippen LogP contribution in [-0.2, 0) is 11.3 Å². The lowest BCUT2D eigenvalue weighted by Crippen LogP contribution is -2.48. The third-order valence-electron chi connectivity index (χ3n) is 5.88. The highest BCUT2D eigenvalue weighted by atomic mass is 16.6. The van der Waals surface area contributed by atoms with E-state index in [1.165, 1.54) is 0 Å². The summed E-state index contributed by atoms with van der Waals surface area (Å²) in [6.07, 6.45) is 2.09. The lowest BCUT2D eigenvalue weighted by atomic mass is 10.0.